The third kappa shape index (κ3) is 12.2. The van der Waals surface area contributed by atoms with E-state index in [4.69, 9.17) is 15.0 Å². The number of rotatable bonds is 11. The van der Waals surface area contributed by atoms with Gasteiger partial charge in [0, 0.05) is 60.7 Å². The van der Waals surface area contributed by atoms with E-state index in [1.54, 1.807) is 0 Å². The van der Waals surface area contributed by atoms with Gasteiger partial charge in [-0.2, -0.15) is 10.5 Å². The molecule has 0 atom stereocenters. The second-order valence-corrected chi connectivity index (χ2v) is 32.5. The van der Waals surface area contributed by atoms with Gasteiger partial charge in [-0.1, -0.05) is 243 Å². The molecule has 0 saturated carbocycles. The number of nitrogens with zero attached hydrogens (tertiary/aromatic N) is 7. The van der Waals surface area contributed by atoms with Crippen molar-refractivity contribution < 1.29 is 0 Å². The van der Waals surface area contributed by atoms with Crippen LogP contribution in [0.4, 0.5) is 0 Å². The number of aromatic nitrogens is 5. The van der Waals surface area contributed by atoms with Crippen LogP contribution in [0, 0.1) is 22.7 Å². The van der Waals surface area contributed by atoms with E-state index in [-0.39, 0.29) is 0 Å². The van der Waals surface area contributed by atoms with E-state index in [9.17, 15) is 10.5 Å². The molecule has 0 aliphatic rings. The van der Waals surface area contributed by atoms with Crippen LogP contribution in [0.3, 0.4) is 0 Å². The first-order valence-electron chi connectivity index (χ1n) is 41.9. The van der Waals surface area contributed by atoms with E-state index < -0.39 is 0 Å². The quantitative estimate of drug-likeness (QED) is 0.120. The molecule has 0 amide bonds. The highest BCUT2D eigenvalue weighted by Crippen LogP contribution is 2.46. The van der Waals surface area contributed by atoms with Gasteiger partial charge in [-0.15, -0.1) is 0 Å². The van der Waals surface area contributed by atoms with Crippen molar-refractivity contribution in [3.63, 3.8) is 0 Å². The van der Waals surface area contributed by atoms with Gasteiger partial charge in [0.05, 0.1) is 68.1 Å². The predicted octanol–water partition coefficient (Wildman–Crippen LogP) is 30.6. The third-order valence-electron chi connectivity index (χ3n) is 25.1. The van der Waals surface area contributed by atoms with Crippen LogP contribution in [-0.2, 0) is 0 Å². The standard InChI is InChI=1S/C61H36N4.C56H33N3/c62-37-38-16-26-57-53(28-38)54-35-45(25-27-58(54)65(57)52-14-8-3-9-15-52)43-18-17-42-30-44(20-19-41(42)29-43)50-31-46-21-23-48-33-51(34-49-24-22-47(32-50)59(46)60(48)49)61-63-55(39-10-4-1-5-11-39)36-56(64-61)40-12-6-2-7-13-40;57-34-35-14-24-53-49(26-35)50-33-41(23-25-54(50)59(53)48-10-5-2-6-11-48)39-16-15-38-28-40(18-17-37(38)27-39)46-29-42-19-21-44-31-47(32-45-22-20-43(30-46)55(42)56(44)45)52-13-7-12-51(58-52)36-8-3-1-4-9-36/h1-36H;1-33H. The summed E-state index contributed by atoms with van der Waals surface area (Å²) in [5, 5.41) is 43.6. The van der Waals surface area contributed by atoms with Gasteiger partial charge in [0.1, 0.15) is 0 Å². The number of hydrogen-bond donors (Lipinski definition) is 0. The second kappa shape index (κ2) is 28.9. The van der Waals surface area contributed by atoms with Crippen LogP contribution in [0.25, 0.3) is 242 Å². The van der Waals surface area contributed by atoms with E-state index >= 15 is 0 Å². The number of pyridine rings is 1. The Morgan fingerprint density at radius 3 is 0.798 bits per heavy atom. The number of hydrogen-bond acceptors (Lipinski definition) is 5. The zero-order valence-corrected chi connectivity index (χ0v) is 67.0. The van der Waals surface area contributed by atoms with Gasteiger partial charge < -0.3 is 9.13 Å². The van der Waals surface area contributed by atoms with E-state index in [0.29, 0.717) is 17.0 Å². The molecule has 124 heavy (non-hydrogen) atoms. The topological polar surface area (TPSA) is 96.1 Å². The molecule has 0 bridgehead atoms. The van der Waals surface area contributed by atoms with E-state index in [1.807, 2.05) is 54.6 Å². The fraction of sp³-hybridized carbons (Fsp3) is 0. The maximum atomic E-state index is 9.78. The van der Waals surface area contributed by atoms with Crippen molar-refractivity contribution in [3.8, 4) is 124 Å². The third-order valence-corrected chi connectivity index (χ3v) is 25.1. The average molecular weight is 1570 g/mol. The molecule has 21 aromatic carbocycles. The summed E-state index contributed by atoms with van der Waals surface area (Å²) < 4.78 is 4.58. The lowest BCUT2D eigenvalue weighted by atomic mass is 9.89. The van der Waals surface area contributed by atoms with Crippen LogP contribution < -0.4 is 0 Å². The van der Waals surface area contributed by atoms with Crippen molar-refractivity contribution in [2.45, 2.75) is 0 Å². The molecule has 0 spiro atoms. The monoisotopic (exact) mass is 1570 g/mol. The summed E-state index contributed by atoms with van der Waals surface area (Å²) in [4.78, 5) is 15.3. The molecular formula is C117H69N7. The molecule has 0 aliphatic heterocycles. The van der Waals surface area contributed by atoms with Crippen molar-refractivity contribution >= 4 is 130 Å². The Balaban J connectivity index is 0.000000140. The SMILES string of the molecule is N#Cc1ccc2c(c1)c1cc(-c3ccc4cc(-c5cc6ccc7cc(-c8cccc(-c9ccccc9)n8)cc8ccc(c5)c6c78)ccc4c3)ccc1n2-c1ccccc1.N#Cc1ccc2c(c1)c1cc(-c3ccc4cc(-c5cc6ccc7cc(-c8nc(-c9ccccc9)cc(-c9ccccc9)n8)cc8ccc(c5)c6c78)ccc4c3)ccc1n2-c1ccccc1. The molecule has 572 valence electrons. The van der Waals surface area contributed by atoms with Crippen molar-refractivity contribution in [1.82, 2.24) is 24.1 Å². The fourth-order valence-electron chi connectivity index (χ4n) is 19.2. The van der Waals surface area contributed by atoms with Gasteiger partial charge in [0.2, 0.25) is 0 Å². The predicted molar refractivity (Wildman–Crippen MR) is 516 cm³/mol. The minimum Gasteiger partial charge on any atom is -0.309 e. The fourth-order valence-corrected chi connectivity index (χ4v) is 19.2. The molecule has 4 heterocycles. The van der Waals surface area contributed by atoms with Crippen LogP contribution in [-0.4, -0.2) is 24.1 Å². The van der Waals surface area contributed by atoms with Crippen molar-refractivity contribution in [2.75, 3.05) is 0 Å². The minimum absolute atomic E-state index is 0.658. The highest BCUT2D eigenvalue weighted by molar-refractivity contribution is 6.26. The largest absolute Gasteiger partial charge is 0.309 e. The van der Waals surface area contributed by atoms with E-state index in [1.165, 1.54) is 108 Å². The highest BCUT2D eigenvalue weighted by Gasteiger charge is 2.22. The molecule has 25 rings (SSSR count). The van der Waals surface area contributed by atoms with E-state index in [0.717, 1.165) is 128 Å². The minimum atomic E-state index is 0.658. The zero-order chi connectivity index (χ0) is 82.0. The molecule has 7 nitrogen and oxygen atoms in total. The molecule has 0 fully saturated rings. The molecule has 0 N–H and O–H groups in total. The molecule has 0 radical (unpaired) electrons. The first-order chi connectivity index (χ1) is 61.3. The van der Waals surface area contributed by atoms with Gasteiger partial charge in [0.15, 0.2) is 5.82 Å². The second-order valence-electron chi connectivity index (χ2n) is 32.5. The Morgan fingerprint density at radius 1 is 0.177 bits per heavy atom. The summed E-state index contributed by atoms with van der Waals surface area (Å²) in [6.07, 6.45) is 0. The molecule has 7 heteroatoms. The lowest BCUT2D eigenvalue weighted by molar-refractivity contribution is 1.18. The van der Waals surface area contributed by atoms with Gasteiger partial charge in [-0.3, -0.25) is 0 Å². The number of nitriles is 2. The van der Waals surface area contributed by atoms with Crippen LogP contribution in [0.5, 0.6) is 0 Å². The molecule has 0 saturated heterocycles. The first kappa shape index (κ1) is 71.2. The Morgan fingerprint density at radius 2 is 0.444 bits per heavy atom. The Labute approximate surface area is 713 Å². The number of para-hydroxylation sites is 2. The maximum absolute atomic E-state index is 9.78. The molecule has 4 aromatic heterocycles. The summed E-state index contributed by atoms with van der Waals surface area (Å²) >= 11 is 0. The molecule has 0 aliphatic carbocycles. The summed E-state index contributed by atoms with van der Waals surface area (Å²) in [6.45, 7) is 0. The summed E-state index contributed by atoms with van der Waals surface area (Å²) in [7, 11) is 0. The smallest absolute Gasteiger partial charge is 0.160 e. The Kier molecular flexibility index (Phi) is 16.6. The lowest BCUT2D eigenvalue weighted by Crippen LogP contribution is -1.96. The van der Waals surface area contributed by atoms with Crippen molar-refractivity contribution in [3.05, 3.63) is 430 Å². The summed E-state index contributed by atoms with van der Waals surface area (Å²) in [5.41, 5.74) is 26.5. The maximum Gasteiger partial charge on any atom is 0.160 e. The van der Waals surface area contributed by atoms with Crippen molar-refractivity contribution in [2.24, 2.45) is 0 Å². The van der Waals surface area contributed by atoms with Gasteiger partial charge in [-0.25, -0.2) is 15.0 Å². The van der Waals surface area contributed by atoms with Gasteiger partial charge in [-0.05, 0) is 307 Å². The summed E-state index contributed by atoms with van der Waals surface area (Å²) in [5.74, 6) is 0.713. The van der Waals surface area contributed by atoms with Crippen molar-refractivity contribution in [1.29, 1.82) is 10.5 Å². The Bertz CT molecular complexity index is 8550. The molecule has 0 unspecified atom stereocenters. The number of benzene rings is 21. The van der Waals surface area contributed by atoms with Crippen LogP contribution in [0.2, 0.25) is 0 Å². The van der Waals surface area contributed by atoms with E-state index in [2.05, 4.69) is 385 Å². The molecule has 25 aromatic rings. The zero-order valence-electron chi connectivity index (χ0n) is 67.0. The van der Waals surface area contributed by atoms with Crippen LogP contribution in [0.1, 0.15) is 11.1 Å². The summed E-state index contributed by atoms with van der Waals surface area (Å²) in [6, 6.07) is 154. The lowest BCUT2D eigenvalue weighted by Gasteiger charge is -2.15. The normalized spacial score (nSPS) is 11.7. The molecular weight excluding hydrogens is 1500 g/mol. The van der Waals surface area contributed by atoms with Gasteiger partial charge in [0.25, 0.3) is 0 Å². The Hall–Kier alpha value is -17.0. The van der Waals surface area contributed by atoms with Gasteiger partial charge >= 0.3 is 0 Å². The van der Waals surface area contributed by atoms with Crippen LogP contribution in [0.15, 0.2) is 419 Å². The average Bonchev–Trinajstić information content (AvgIpc) is 1.73. The van der Waals surface area contributed by atoms with Crippen LogP contribution >= 0.6 is 0 Å². The first-order valence-corrected chi connectivity index (χ1v) is 41.9. The highest BCUT2D eigenvalue weighted by atomic mass is 15.0. The number of fused-ring (bicyclic) bond motifs is 8.